The standard InChI is InChI=1S/C13H16F2N2O3/c1-13(2)12(20)17(5-7(19)6-18)11-4-9(15)8(14)3-10(11)16-13/h3-4,7,16,18-19H,5-6H2,1-2H3. The molecule has 0 fully saturated rings. The Hall–Kier alpha value is -1.73. The fraction of sp³-hybridized carbons (Fsp3) is 0.462. The van der Waals surface area contributed by atoms with Gasteiger partial charge in [0, 0.05) is 12.1 Å². The summed E-state index contributed by atoms with van der Waals surface area (Å²) < 4.78 is 26.7. The molecule has 1 aromatic carbocycles. The van der Waals surface area contributed by atoms with Crippen LogP contribution < -0.4 is 10.2 Å². The number of carbonyl (C=O) groups is 1. The minimum Gasteiger partial charge on any atom is -0.394 e. The van der Waals surface area contributed by atoms with Gasteiger partial charge in [0.15, 0.2) is 11.6 Å². The Morgan fingerprint density at radius 2 is 1.95 bits per heavy atom. The number of aliphatic hydroxyl groups is 2. The largest absolute Gasteiger partial charge is 0.394 e. The summed E-state index contributed by atoms with van der Waals surface area (Å²) in [5.74, 6) is -2.51. The summed E-state index contributed by atoms with van der Waals surface area (Å²) in [4.78, 5) is 13.5. The molecule has 1 aliphatic rings. The number of halogens is 2. The molecule has 1 amide bonds. The third-order valence-electron chi connectivity index (χ3n) is 3.16. The molecule has 7 heteroatoms. The van der Waals surface area contributed by atoms with E-state index in [1.54, 1.807) is 13.8 Å². The second kappa shape index (κ2) is 4.99. The maximum atomic E-state index is 13.4. The molecule has 0 saturated carbocycles. The van der Waals surface area contributed by atoms with E-state index in [0.717, 1.165) is 17.0 Å². The minimum absolute atomic E-state index is 0.140. The zero-order chi connectivity index (χ0) is 15.1. The van der Waals surface area contributed by atoms with Crippen molar-refractivity contribution in [3.63, 3.8) is 0 Å². The van der Waals surface area contributed by atoms with Crippen LogP contribution >= 0.6 is 0 Å². The molecule has 110 valence electrons. The van der Waals surface area contributed by atoms with Gasteiger partial charge in [-0.15, -0.1) is 0 Å². The number of nitrogens with one attached hydrogen (secondary N) is 1. The molecule has 0 spiro atoms. The van der Waals surface area contributed by atoms with E-state index in [9.17, 15) is 18.7 Å². The summed E-state index contributed by atoms with van der Waals surface area (Å²) >= 11 is 0. The lowest BCUT2D eigenvalue weighted by molar-refractivity contribution is -0.122. The molecule has 0 saturated heterocycles. The topological polar surface area (TPSA) is 72.8 Å². The van der Waals surface area contributed by atoms with Gasteiger partial charge >= 0.3 is 0 Å². The molecule has 20 heavy (non-hydrogen) atoms. The molecule has 1 aliphatic heterocycles. The van der Waals surface area contributed by atoms with Crippen LogP contribution in [0.4, 0.5) is 20.2 Å². The number of anilines is 2. The quantitative estimate of drug-likeness (QED) is 0.770. The molecule has 0 aliphatic carbocycles. The van der Waals surface area contributed by atoms with Crippen LogP contribution in [-0.2, 0) is 4.79 Å². The van der Waals surface area contributed by atoms with E-state index in [-0.39, 0.29) is 17.9 Å². The van der Waals surface area contributed by atoms with Crippen molar-refractivity contribution in [2.75, 3.05) is 23.4 Å². The van der Waals surface area contributed by atoms with Gasteiger partial charge in [0.25, 0.3) is 5.91 Å². The fourth-order valence-electron chi connectivity index (χ4n) is 2.15. The van der Waals surface area contributed by atoms with E-state index in [1.165, 1.54) is 0 Å². The lowest BCUT2D eigenvalue weighted by Crippen LogP contribution is -2.56. The molecular formula is C13H16F2N2O3. The Labute approximate surface area is 114 Å². The average Bonchev–Trinajstić information content (AvgIpc) is 2.37. The van der Waals surface area contributed by atoms with Crippen molar-refractivity contribution < 1.29 is 23.8 Å². The van der Waals surface area contributed by atoms with Gasteiger partial charge in [-0.2, -0.15) is 0 Å². The third-order valence-corrected chi connectivity index (χ3v) is 3.16. The summed E-state index contributed by atoms with van der Waals surface area (Å²) in [5.41, 5.74) is -0.619. The van der Waals surface area contributed by atoms with E-state index in [4.69, 9.17) is 5.11 Å². The summed E-state index contributed by atoms with van der Waals surface area (Å²) in [7, 11) is 0. The highest BCUT2D eigenvalue weighted by Gasteiger charge is 2.39. The first-order valence-electron chi connectivity index (χ1n) is 6.14. The highest BCUT2D eigenvalue weighted by molar-refractivity contribution is 6.07. The predicted molar refractivity (Wildman–Crippen MR) is 69.5 cm³/mol. The average molecular weight is 286 g/mol. The van der Waals surface area contributed by atoms with Crippen molar-refractivity contribution in [2.24, 2.45) is 0 Å². The molecule has 2 rings (SSSR count). The second-order valence-corrected chi connectivity index (χ2v) is 5.29. The molecule has 3 N–H and O–H groups in total. The van der Waals surface area contributed by atoms with Gasteiger partial charge in [0.1, 0.15) is 5.54 Å². The molecule has 0 aromatic heterocycles. The van der Waals surface area contributed by atoms with Crippen molar-refractivity contribution in [1.82, 2.24) is 0 Å². The monoisotopic (exact) mass is 286 g/mol. The fourth-order valence-corrected chi connectivity index (χ4v) is 2.15. The van der Waals surface area contributed by atoms with E-state index in [1.807, 2.05) is 0 Å². The van der Waals surface area contributed by atoms with Crippen molar-refractivity contribution in [3.8, 4) is 0 Å². The van der Waals surface area contributed by atoms with Crippen LogP contribution in [0.1, 0.15) is 13.8 Å². The maximum Gasteiger partial charge on any atom is 0.252 e. The van der Waals surface area contributed by atoms with Crippen LogP contribution in [0.3, 0.4) is 0 Å². The van der Waals surface area contributed by atoms with E-state index >= 15 is 0 Å². The number of rotatable bonds is 3. The van der Waals surface area contributed by atoms with Crippen molar-refractivity contribution in [2.45, 2.75) is 25.5 Å². The lowest BCUT2D eigenvalue weighted by Gasteiger charge is -2.40. The van der Waals surface area contributed by atoms with Gasteiger partial charge < -0.3 is 20.4 Å². The molecule has 0 bridgehead atoms. The molecule has 1 atom stereocenters. The van der Waals surface area contributed by atoms with Gasteiger partial charge in [-0.1, -0.05) is 0 Å². The highest BCUT2D eigenvalue weighted by Crippen LogP contribution is 2.36. The van der Waals surface area contributed by atoms with Gasteiger partial charge in [-0.3, -0.25) is 4.79 Å². The smallest absolute Gasteiger partial charge is 0.252 e. The first-order valence-corrected chi connectivity index (χ1v) is 6.14. The molecular weight excluding hydrogens is 270 g/mol. The lowest BCUT2D eigenvalue weighted by atomic mass is 9.97. The number of fused-ring (bicyclic) bond motifs is 1. The number of carbonyl (C=O) groups excluding carboxylic acids is 1. The maximum absolute atomic E-state index is 13.4. The number of nitrogens with zero attached hydrogens (tertiary/aromatic N) is 1. The molecule has 1 unspecified atom stereocenters. The van der Waals surface area contributed by atoms with E-state index < -0.39 is 35.8 Å². The van der Waals surface area contributed by atoms with Crippen LogP contribution in [0.15, 0.2) is 12.1 Å². The zero-order valence-electron chi connectivity index (χ0n) is 11.2. The predicted octanol–water partition coefficient (Wildman–Crippen LogP) is 0.855. The minimum atomic E-state index is -1.16. The molecule has 0 radical (unpaired) electrons. The van der Waals surface area contributed by atoms with E-state index in [0.29, 0.717) is 0 Å². The summed E-state index contributed by atoms with van der Waals surface area (Å²) in [6.45, 7) is 2.46. The summed E-state index contributed by atoms with van der Waals surface area (Å²) in [6, 6.07) is 1.87. The number of β-amino-alcohol motifs (C(OH)–C–C–N with tert-alkyl or cyclic N) is 1. The van der Waals surface area contributed by atoms with Crippen LogP contribution in [0, 0.1) is 11.6 Å². The Morgan fingerprint density at radius 3 is 2.55 bits per heavy atom. The highest BCUT2D eigenvalue weighted by atomic mass is 19.2. The van der Waals surface area contributed by atoms with Crippen LogP contribution in [0.25, 0.3) is 0 Å². The van der Waals surface area contributed by atoms with Gasteiger partial charge in [-0.25, -0.2) is 8.78 Å². The van der Waals surface area contributed by atoms with Crippen molar-refractivity contribution in [3.05, 3.63) is 23.8 Å². The molecule has 5 nitrogen and oxygen atoms in total. The summed E-state index contributed by atoms with van der Waals surface area (Å²) in [5, 5.41) is 21.2. The first kappa shape index (κ1) is 14.7. The Balaban J connectivity index is 2.50. The number of benzene rings is 1. The summed E-state index contributed by atoms with van der Waals surface area (Å²) in [6.07, 6.45) is -1.16. The Kier molecular flexibility index (Phi) is 3.66. The SMILES string of the molecule is CC1(C)Nc2cc(F)c(F)cc2N(CC(O)CO)C1=O. The van der Waals surface area contributed by atoms with Crippen LogP contribution in [-0.4, -0.2) is 40.9 Å². The number of aliphatic hydroxyl groups excluding tert-OH is 2. The Bertz CT molecular complexity index is 549. The normalized spacial score (nSPS) is 18.5. The number of hydrogen-bond acceptors (Lipinski definition) is 4. The van der Waals surface area contributed by atoms with Crippen molar-refractivity contribution in [1.29, 1.82) is 0 Å². The van der Waals surface area contributed by atoms with Crippen LogP contribution in [0.2, 0.25) is 0 Å². The third kappa shape index (κ3) is 2.46. The van der Waals surface area contributed by atoms with Crippen molar-refractivity contribution >= 4 is 17.3 Å². The molecule has 1 aromatic rings. The van der Waals surface area contributed by atoms with Gasteiger partial charge in [0.05, 0.1) is 30.6 Å². The van der Waals surface area contributed by atoms with E-state index in [2.05, 4.69) is 5.32 Å². The van der Waals surface area contributed by atoms with Gasteiger partial charge in [-0.05, 0) is 13.8 Å². The van der Waals surface area contributed by atoms with Gasteiger partial charge in [0.2, 0.25) is 0 Å². The number of hydrogen-bond donors (Lipinski definition) is 3. The number of amides is 1. The Morgan fingerprint density at radius 1 is 1.35 bits per heavy atom. The van der Waals surface area contributed by atoms with Crippen LogP contribution in [0.5, 0.6) is 0 Å². The first-order chi connectivity index (χ1) is 9.26. The molecule has 1 heterocycles. The zero-order valence-corrected chi connectivity index (χ0v) is 11.2. The second-order valence-electron chi connectivity index (χ2n) is 5.29.